The summed E-state index contributed by atoms with van der Waals surface area (Å²) in [5, 5.41) is 0. The lowest BCUT2D eigenvalue weighted by molar-refractivity contribution is 0.0905. The van der Waals surface area contributed by atoms with E-state index in [-0.39, 0.29) is 0 Å². The van der Waals surface area contributed by atoms with Gasteiger partial charge in [0.05, 0.1) is 0 Å². The van der Waals surface area contributed by atoms with Gasteiger partial charge >= 0.3 is 0 Å². The Morgan fingerprint density at radius 1 is 0.864 bits per heavy atom. The van der Waals surface area contributed by atoms with Gasteiger partial charge in [-0.15, -0.1) is 0 Å². The van der Waals surface area contributed by atoms with Gasteiger partial charge in [-0.2, -0.15) is 0 Å². The Morgan fingerprint density at radius 2 is 1.50 bits per heavy atom. The molecule has 1 unspecified atom stereocenters. The van der Waals surface area contributed by atoms with Gasteiger partial charge in [-0.1, -0.05) is 20.8 Å². The summed E-state index contributed by atoms with van der Waals surface area (Å²) in [4.78, 5) is 8.05. The molecule has 2 fully saturated rings. The molecular weight excluding hydrogens is 270 g/mol. The molecule has 2 aliphatic heterocycles. The van der Waals surface area contributed by atoms with Crippen LogP contribution in [0, 0.1) is 11.8 Å². The normalized spacial score (nSPS) is 25.0. The fourth-order valence-electron chi connectivity index (χ4n) is 4.03. The van der Waals surface area contributed by atoms with Crippen LogP contribution < -0.4 is 0 Å². The van der Waals surface area contributed by atoms with Gasteiger partial charge in [0.2, 0.25) is 0 Å². The summed E-state index contributed by atoms with van der Waals surface area (Å²) in [6.45, 7) is 19.8. The van der Waals surface area contributed by atoms with Gasteiger partial charge in [-0.05, 0) is 64.1 Å². The average molecular weight is 310 g/mol. The van der Waals surface area contributed by atoms with E-state index in [1.165, 1.54) is 78.0 Å². The summed E-state index contributed by atoms with van der Waals surface area (Å²) < 4.78 is 0. The van der Waals surface area contributed by atoms with Crippen LogP contribution in [-0.2, 0) is 0 Å². The monoisotopic (exact) mass is 309 g/mol. The molecule has 1 atom stereocenters. The summed E-state index contributed by atoms with van der Waals surface area (Å²) in [6, 6.07) is 0.771. The highest BCUT2D eigenvalue weighted by molar-refractivity contribution is 4.78. The van der Waals surface area contributed by atoms with Crippen LogP contribution in [0.5, 0.6) is 0 Å². The predicted octanol–water partition coefficient (Wildman–Crippen LogP) is 3.16. The minimum absolute atomic E-state index is 0.771. The zero-order chi connectivity index (χ0) is 15.9. The van der Waals surface area contributed by atoms with E-state index in [9.17, 15) is 0 Å². The lowest BCUT2D eigenvalue weighted by Crippen LogP contribution is -2.49. The van der Waals surface area contributed by atoms with Crippen molar-refractivity contribution in [3.05, 3.63) is 0 Å². The smallest absolute Gasteiger partial charge is 0.0113 e. The van der Waals surface area contributed by atoms with Gasteiger partial charge < -0.3 is 9.80 Å². The fourth-order valence-corrected chi connectivity index (χ4v) is 4.03. The highest BCUT2D eigenvalue weighted by atomic mass is 15.3. The van der Waals surface area contributed by atoms with Crippen molar-refractivity contribution < 1.29 is 0 Å². The molecule has 0 N–H and O–H groups in total. The van der Waals surface area contributed by atoms with Crippen molar-refractivity contribution in [2.45, 2.75) is 59.4 Å². The van der Waals surface area contributed by atoms with Crippen LogP contribution in [0.1, 0.15) is 53.4 Å². The molecule has 3 nitrogen and oxygen atoms in total. The third-order valence-corrected chi connectivity index (χ3v) is 5.81. The second kappa shape index (κ2) is 9.24. The van der Waals surface area contributed by atoms with Crippen molar-refractivity contribution >= 4 is 0 Å². The third-order valence-electron chi connectivity index (χ3n) is 5.81. The first kappa shape index (κ1) is 18.2. The number of piperazine rings is 1. The molecule has 0 aromatic rings. The van der Waals surface area contributed by atoms with Crippen molar-refractivity contribution in [2.75, 3.05) is 52.4 Å². The molecule has 22 heavy (non-hydrogen) atoms. The minimum Gasteiger partial charge on any atom is -0.303 e. The molecule has 2 rings (SSSR count). The van der Waals surface area contributed by atoms with Crippen LogP contribution >= 0.6 is 0 Å². The highest BCUT2D eigenvalue weighted by Crippen LogP contribution is 2.22. The lowest BCUT2D eigenvalue weighted by atomic mass is 9.93. The maximum atomic E-state index is 2.71. The molecule has 0 amide bonds. The van der Waals surface area contributed by atoms with Crippen LogP contribution in [0.2, 0.25) is 0 Å². The fraction of sp³-hybridized carbons (Fsp3) is 1.00. The molecule has 0 aromatic carbocycles. The van der Waals surface area contributed by atoms with E-state index < -0.39 is 0 Å². The molecule has 0 saturated carbocycles. The zero-order valence-electron chi connectivity index (χ0n) is 15.6. The number of hydrogen-bond acceptors (Lipinski definition) is 3. The molecule has 3 heteroatoms. The Balaban J connectivity index is 1.58. The Hall–Kier alpha value is -0.120. The van der Waals surface area contributed by atoms with Gasteiger partial charge in [0.15, 0.2) is 0 Å². The molecule has 0 aromatic heterocycles. The quantitative estimate of drug-likeness (QED) is 0.715. The first-order valence-electron chi connectivity index (χ1n) is 9.77. The van der Waals surface area contributed by atoms with Crippen LogP contribution in [0.3, 0.4) is 0 Å². The lowest BCUT2D eigenvalue weighted by Gasteiger charge is -2.39. The van der Waals surface area contributed by atoms with Crippen molar-refractivity contribution in [3.8, 4) is 0 Å². The minimum atomic E-state index is 0.771. The zero-order valence-corrected chi connectivity index (χ0v) is 15.6. The molecule has 0 bridgehead atoms. The second-order valence-electron chi connectivity index (χ2n) is 8.06. The molecule has 2 saturated heterocycles. The maximum Gasteiger partial charge on any atom is 0.0113 e. The highest BCUT2D eigenvalue weighted by Gasteiger charge is 2.23. The number of rotatable bonds is 7. The van der Waals surface area contributed by atoms with E-state index >= 15 is 0 Å². The molecular formula is C19H39N3. The Bertz CT molecular complexity index is 289. The number of likely N-dealkylation sites (tertiary alicyclic amines) is 1. The van der Waals surface area contributed by atoms with Crippen molar-refractivity contribution in [1.82, 2.24) is 14.7 Å². The third kappa shape index (κ3) is 5.82. The summed E-state index contributed by atoms with van der Waals surface area (Å²) >= 11 is 0. The largest absolute Gasteiger partial charge is 0.303 e. The van der Waals surface area contributed by atoms with Crippen molar-refractivity contribution in [2.24, 2.45) is 11.8 Å². The summed E-state index contributed by atoms with van der Waals surface area (Å²) in [6.07, 6.45) is 5.58. The molecule has 0 spiro atoms. The Morgan fingerprint density at radius 3 is 2.05 bits per heavy atom. The topological polar surface area (TPSA) is 9.72 Å². The number of piperidine rings is 1. The Labute approximate surface area is 139 Å². The van der Waals surface area contributed by atoms with E-state index in [1.54, 1.807) is 0 Å². The van der Waals surface area contributed by atoms with E-state index in [0.29, 0.717) is 0 Å². The first-order valence-corrected chi connectivity index (χ1v) is 9.77. The summed E-state index contributed by atoms with van der Waals surface area (Å²) in [7, 11) is 0. The van der Waals surface area contributed by atoms with E-state index in [1.807, 2.05) is 0 Å². The maximum absolute atomic E-state index is 2.71. The van der Waals surface area contributed by atoms with Crippen molar-refractivity contribution in [1.29, 1.82) is 0 Å². The summed E-state index contributed by atoms with van der Waals surface area (Å²) in [5.41, 5.74) is 0. The molecule has 2 aliphatic rings. The van der Waals surface area contributed by atoms with Crippen LogP contribution in [0.15, 0.2) is 0 Å². The van der Waals surface area contributed by atoms with Gasteiger partial charge in [0.25, 0.3) is 0 Å². The number of nitrogens with zero attached hydrogens (tertiary/aromatic N) is 3. The molecule has 0 radical (unpaired) electrons. The Kier molecular flexibility index (Phi) is 7.66. The average Bonchev–Trinajstić information content (AvgIpc) is 2.53. The van der Waals surface area contributed by atoms with Crippen LogP contribution in [0.4, 0.5) is 0 Å². The molecule has 0 aliphatic carbocycles. The molecule has 2 heterocycles. The van der Waals surface area contributed by atoms with Crippen LogP contribution in [0.25, 0.3) is 0 Å². The standard InChI is InChI=1S/C19H39N3/c1-5-18(4)22-14-12-20(13-15-22)9-6-19-7-10-21(11-8-19)16-17(2)3/h17-19H,5-16H2,1-4H3. The van der Waals surface area contributed by atoms with Gasteiger partial charge in [0.1, 0.15) is 0 Å². The van der Waals surface area contributed by atoms with Crippen LogP contribution in [-0.4, -0.2) is 73.1 Å². The predicted molar refractivity (Wildman–Crippen MR) is 96.4 cm³/mol. The van der Waals surface area contributed by atoms with E-state index in [0.717, 1.165) is 17.9 Å². The SMILES string of the molecule is CCC(C)N1CCN(CCC2CCN(CC(C)C)CC2)CC1. The van der Waals surface area contributed by atoms with E-state index in [4.69, 9.17) is 0 Å². The second-order valence-corrected chi connectivity index (χ2v) is 8.06. The first-order chi connectivity index (χ1) is 10.6. The van der Waals surface area contributed by atoms with Gasteiger partial charge in [-0.3, -0.25) is 4.90 Å². The van der Waals surface area contributed by atoms with Crippen molar-refractivity contribution in [3.63, 3.8) is 0 Å². The van der Waals surface area contributed by atoms with E-state index in [2.05, 4.69) is 42.4 Å². The summed E-state index contributed by atoms with van der Waals surface area (Å²) in [5.74, 6) is 1.80. The van der Waals surface area contributed by atoms with Gasteiger partial charge in [0, 0.05) is 38.8 Å². The number of hydrogen-bond donors (Lipinski definition) is 0. The van der Waals surface area contributed by atoms with Gasteiger partial charge in [-0.25, -0.2) is 0 Å². The molecule has 130 valence electrons.